The number of hydrogen-bond donors (Lipinski definition) is 1. The molecule has 1 saturated heterocycles. The number of piperazine rings is 1. The summed E-state index contributed by atoms with van der Waals surface area (Å²) in [5.41, 5.74) is 2.13. The number of hydrogen-bond acceptors (Lipinski definition) is 7. The van der Waals surface area contributed by atoms with E-state index >= 15 is 0 Å². The summed E-state index contributed by atoms with van der Waals surface area (Å²) in [5, 5.41) is 13.4. The Morgan fingerprint density at radius 1 is 1.00 bits per heavy atom. The number of aromatic nitrogens is 3. The molecule has 4 rings (SSSR count). The first-order valence-corrected chi connectivity index (χ1v) is 10.2. The topological polar surface area (TPSA) is 57.2 Å². The van der Waals surface area contributed by atoms with Crippen molar-refractivity contribution in [3.8, 4) is 0 Å². The summed E-state index contributed by atoms with van der Waals surface area (Å²) >= 11 is 1.52. The van der Waals surface area contributed by atoms with Crippen LogP contribution in [0.25, 0.3) is 0 Å². The standard InChI is InChI=1S/C20H23FN6S/c1-26-8-10-27(11-9-26)18-7-4-16(13-22-18)14-23-20-25-24-19(28-20)12-15-2-5-17(21)6-3-15/h2-7,13H,8-12,14H2,1H3,(H,23,25). The highest BCUT2D eigenvalue weighted by Gasteiger charge is 2.15. The molecule has 0 atom stereocenters. The van der Waals surface area contributed by atoms with Gasteiger partial charge in [-0.25, -0.2) is 9.37 Å². The highest BCUT2D eigenvalue weighted by atomic mass is 32.1. The quantitative estimate of drug-likeness (QED) is 0.689. The second-order valence-corrected chi connectivity index (χ2v) is 8.03. The van der Waals surface area contributed by atoms with Crippen molar-refractivity contribution < 1.29 is 4.39 Å². The molecular formula is C20H23FN6S. The Labute approximate surface area is 168 Å². The summed E-state index contributed by atoms with van der Waals surface area (Å²) in [5.74, 6) is 0.810. The number of halogens is 1. The predicted octanol–water partition coefficient (Wildman–Crippen LogP) is 3.03. The van der Waals surface area contributed by atoms with Crippen LogP contribution in [0.1, 0.15) is 16.1 Å². The van der Waals surface area contributed by atoms with Crippen LogP contribution in [0.3, 0.4) is 0 Å². The third-order valence-electron chi connectivity index (χ3n) is 4.82. The van der Waals surface area contributed by atoms with Gasteiger partial charge in [0, 0.05) is 45.3 Å². The van der Waals surface area contributed by atoms with Gasteiger partial charge in [-0.3, -0.25) is 0 Å². The van der Waals surface area contributed by atoms with Crippen molar-refractivity contribution in [3.05, 3.63) is 64.5 Å². The lowest BCUT2D eigenvalue weighted by Crippen LogP contribution is -2.44. The lowest BCUT2D eigenvalue weighted by atomic mass is 10.2. The first kappa shape index (κ1) is 18.8. The zero-order valence-electron chi connectivity index (χ0n) is 15.8. The lowest BCUT2D eigenvalue weighted by Gasteiger charge is -2.33. The molecule has 1 N–H and O–H groups in total. The summed E-state index contributed by atoms with van der Waals surface area (Å²) in [6, 6.07) is 10.7. The molecule has 0 spiro atoms. The Bertz CT molecular complexity index is 888. The van der Waals surface area contributed by atoms with Gasteiger partial charge in [0.15, 0.2) is 0 Å². The molecule has 0 radical (unpaired) electrons. The molecule has 6 nitrogen and oxygen atoms in total. The van der Waals surface area contributed by atoms with Gasteiger partial charge in [-0.2, -0.15) is 0 Å². The molecule has 1 aromatic carbocycles. The number of nitrogens with zero attached hydrogens (tertiary/aromatic N) is 5. The van der Waals surface area contributed by atoms with E-state index in [2.05, 4.69) is 49.5 Å². The number of rotatable bonds is 6. The summed E-state index contributed by atoms with van der Waals surface area (Å²) in [6.07, 6.45) is 2.57. The van der Waals surface area contributed by atoms with E-state index in [9.17, 15) is 4.39 Å². The van der Waals surface area contributed by atoms with Crippen molar-refractivity contribution in [2.24, 2.45) is 0 Å². The fourth-order valence-electron chi connectivity index (χ4n) is 3.09. The molecule has 0 bridgehead atoms. The van der Waals surface area contributed by atoms with Gasteiger partial charge in [0.2, 0.25) is 5.13 Å². The first-order valence-electron chi connectivity index (χ1n) is 9.35. The van der Waals surface area contributed by atoms with Crippen molar-refractivity contribution in [1.82, 2.24) is 20.1 Å². The number of pyridine rings is 1. The molecule has 0 saturated carbocycles. The van der Waals surface area contributed by atoms with Crippen molar-refractivity contribution >= 4 is 22.3 Å². The maximum Gasteiger partial charge on any atom is 0.205 e. The van der Waals surface area contributed by atoms with Crippen molar-refractivity contribution in [2.45, 2.75) is 13.0 Å². The Morgan fingerprint density at radius 3 is 2.46 bits per heavy atom. The van der Waals surface area contributed by atoms with Crippen molar-refractivity contribution in [1.29, 1.82) is 0 Å². The molecule has 0 aliphatic carbocycles. The summed E-state index contributed by atoms with van der Waals surface area (Å²) < 4.78 is 13.0. The highest BCUT2D eigenvalue weighted by molar-refractivity contribution is 7.15. The van der Waals surface area contributed by atoms with Gasteiger partial charge in [-0.1, -0.05) is 29.5 Å². The maximum absolute atomic E-state index is 13.0. The molecule has 8 heteroatoms. The lowest BCUT2D eigenvalue weighted by molar-refractivity contribution is 0.312. The average Bonchev–Trinajstić information content (AvgIpc) is 3.17. The van der Waals surface area contributed by atoms with E-state index in [1.165, 1.54) is 23.5 Å². The maximum atomic E-state index is 13.0. The van der Waals surface area contributed by atoms with E-state index in [1.54, 1.807) is 12.1 Å². The average molecular weight is 399 g/mol. The predicted molar refractivity (Wildman–Crippen MR) is 110 cm³/mol. The molecule has 0 amide bonds. The Balaban J connectivity index is 1.30. The van der Waals surface area contributed by atoms with Crippen LogP contribution in [-0.4, -0.2) is 53.3 Å². The minimum atomic E-state index is -0.226. The minimum absolute atomic E-state index is 0.226. The fraction of sp³-hybridized carbons (Fsp3) is 0.350. The highest BCUT2D eigenvalue weighted by Crippen LogP contribution is 2.20. The monoisotopic (exact) mass is 398 g/mol. The van der Waals surface area contributed by atoms with Gasteiger partial charge < -0.3 is 15.1 Å². The number of nitrogens with one attached hydrogen (secondary N) is 1. The van der Waals surface area contributed by atoms with E-state index in [-0.39, 0.29) is 5.82 Å². The molecular weight excluding hydrogens is 375 g/mol. The van der Waals surface area contributed by atoms with Crippen molar-refractivity contribution in [3.63, 3.8) is 0 Å². The fourth-order valence-corrected chi connectivity index (χ4v) is 3.86. The smallest absolute Gasteiger partial charge is 0.205 e. The van der Waals surface area contributed by atoms with Crippen LogP contribution in [0.2, 0.25) is 0 Å². The molecule has 1 fully saturated rings. The summed E-state index contributed by atoms with van der Waals surface area (Å²) in [7, 11) is 2.15. The Morgan fingerprint density at radius 2 is 1.75 bits per heavy atom. The van der Waals surface area contributed by atoms with Crippen LogP contribution >= 0.6 is 11.3 Å². The van der Waals surface area contributed by atoms with Gasteiger partial charge in [0.05, 0.1) is 0 Å². The van der Waals surface area contributed by atoms with Crippen LogP contribution < -0.4 is 10.2 Å². The molecule has 28 heavy (non-hydrogen) atoms. The third-order valence-corrected chi connectivity index (χ3v) is 5.70. The molecule has 146 valence electrons. The molecule has 1 aliphatic heterocycles. The van der Waals surface area contributed by atoms with Gasteiger partial charge in [-0.05, 0) is 36.4 Å². The number of benzene rings is 1. The summed E-state index contributed by atoms with van der Waals surface area (Å²) in [4.78, 5) is 9.27. The van der Waals surface area contributed by atoms with Crippen LogP contribution in [0, 0.1) is 5.82 Å². The van der Waals surface area contributed by atoms with Gasteiger partial charge in [0.25, 0.3) is 0 Å². The van der Waals surface area contributed by atoms with Crippen molar-refractivity contribution in [2.75, 3.05) is 43.4 Å². The van der Waals surface area contributed by atoms with E-state index in [0.29, 0.717) is 13.0 Å². The van der Waals surface area contributed by atoms with Crippen LogP contribution in [0.5, 0.6) is 0 Å². The normalized spacial score (nSPS) is 15.0. The number of likely N-dealkylation sites (N-methyl/N-ethyl adjacent to an activating group) is 1. The Kier molecular flexibility index (Phi) is 5.78. The SMILES string of the molecule is CN1CCN(c2ccc(CNc3nnc(Cc4ccc(F)cc4)s3)cn2)CC1. The third kappa shape index (κ3) is 4.82. The second kappa shape index (κ2) is 8.62. The summed E-state index contributed by atoms with van der Waals surface area (Å²) in [6.45, 7) is 4.83. The molecule has 2 aromatic heterocycles. The molecule has 3 heterocycles. The van der Waals surface area contributed by atoms with E-state index in [1.807, 2.05) is 6.20 Å². The van der Waals surface area contributed by atoms with E-state index in [0.717, 1.165) is 53.3 Å². The molecule has 3 aromatic rings. The zero-order chi connectivity index (χ0) is 19.3. The second-order valence-electron chi connectivity index (χ2n) is 6.97. The van der Waals surface area contributed by atoms with E-state index < -0.39 is 0 Å². The van der Waals surface area contributed by atoms with Crippen LogP contribution in [0.15, 0.2) is 42.6 Å². The van der Waals surface area contributed by atoms with Gasteiger partial charge >= 0.3 is 0 Å². The van der Waals surface area contributed by atoms with Crippen LogP contribution in [-0.2, 0) is 13.0 Å². The molecule has 1 aliphatic rings. The van der Waals surface area contributed by atoms with E-state index in [4.69, 9.17) is 0 Å². The number of anilines is 2. The van der Waals surface area contributed by atoms with Crippen LogP contribution in [0.4, 0.5) is 15.3 Å². The zero-order valence-corrected chi connectivity index (χ0v) is 16.6. The van der Waals surface area contributed by atoms with Gasteiger partial charge in [-0.15, -0.1) is 10.2 Å². The Hall–Kier alpha value is -2.58. The molecule has 0 unspecified atom stereocenters. The minimum Gasteiger partial charge on any atom is -0.356 e. The first-order chi connectivity index (χ1) is 13.7. The van der Waals surface area contributed by atoms with Gasteiger partial charge in [0.1, 0.15) is 16.6 Å². The largest absolute Gasteiger partial charge is 0.356 e.